The van der Waals surface area contributed by atoms with Gasteiger partial charge in [-0.3, -0.25) is 0 Å². The standard InChI is InChI=1S/C66H50N2.2ClHO4/c1-7-22-51(23-8-1)59-43-61(53-26-11-3-12-27-53)65(62(44-59)54-28-13-4-14-29-54)57-34-38-67(39-35-57)47-49-20-19-21-50(42-49)48-68-40-36-58(37-41-68)66-63(55-30-15-5-16-31-55)45-60(52-24-9-2-10-25-52)46-64(66)56-32-17-6-18-33-56;2*2-1(3,4)5/h1-46H,47-48H2;2*(H,2,3,4,5)/q+2;;/p-2. The van der Waals surface area contributed by atoms with Crippen molar-refractivity contribution in [2.24, 2.45) is 0 Å². The van der Waals surface area contributed by atoms with Crippen molar-refractivity contribution in [3.05, 3.63) is 291 Å². The van der Waals surface area contributed by atoms with Crippen LogP contribution in [0.1, 0.15) is 11.1 Å². The molecule has 78 heavy (non-hydrogen) atoms. The number of benzene rings is 9. The van der Waals surface area contributed by atoms with Crippen LogP contribution >= 0.6 is 0 Å². The van der Waals surface area contributed by atoms with Gasteiger partial charge in [0.1, 0.15) is 0 Å². The Morgan fingerprint density at radius 2 is 0.462 bits per heavy atom. The van der Waals surface area contributed by atoms with Crippen LogP contribution in [-0.4, -0.2) is 0 Å². The van der Waals surface area contributed by atoms with Gasteiger partial charge < -0.3 is 0 Å². The summed E-state index contributed by atoms with van der Waals surface area (Å²) in [7, 11) is -9.89. The van der Waals surface area contributed by atoms with Gasteiger partial charge in [-0.1, -0.05) is 200 Å². The Labute approximate surface area is 457 Å². The Kier molecular flexibility index (Phi) is 17.5. The van der Waals surface area contributed by atoms with E-state index in [4.69, 9.17) is 37.3 Å². The number of halogens is 2. The molecule has 0 fully saturated rings. The minimum absolute atomic E-state index is 0.769. The zero-order valence-corrected chi connectivity index (χ0v) is 43.4. The zero-order valence-electron chi connectivity index (χ0n) is 41.9. The fourth-order valence-corrected chi connectivity index (χ4v) is 9.59. The maximum Gasteiger partial charge on any atom is 0.173 e. The number of pyridine rings is 2. The summed E-state index contributed by atoms with van der Waals surface area (Å²) in [5.74, 6) is 0. The summed E-state index contributed by atoms with van der Waals surface area (Å²) in [4.78, 5) is 0. The van der Waals surface area contributed by atoms with E-state index in [1.165, 1.54) is 100 Å². The quantitative estimate of drug-likeness (QED) is 0.130. The minimum Gasteiger partial charge on any atom is -0.222 e. The Bertz CT molecular complexity index is 3310. The first-order valence-corrected chi connectivity index (χ1v) is 27.2. The molecule has 0 unspecified atom stereocenters. The molecule has 0 radical (unpaired) electrons. The maximum atomic E-state index is 8.49. The third-order valence-corrected chi connectivity index (χ3v) is 12.9. The van der Waals surface area contributed by atoms with Crippen LogP contribution in [0.4, 0.5) is 0 Å². The van der Waals surface area contributed by atoms with Gasteiger partial charge in [0, 0.05) is 35.4 Å². The van der Waals surface area contributed by atoms with Gasteiger partial charge in [-0.25, -0.2) is 46.4 Å². The van der Waals surface area contributed by atoms with Crippen molar-refractivity contribution in [2.45, 2.75) is 13.1 Å². The third kappa shape index (κ3) is 14.9. The summed E-state index contributed by atoms with van der Waals surface area (Å²) in [6, 6.07) is 92.1. The lowest BCUT2D eigenvalue weighted by molar-refractivity contribution is -2.00. The van der Waals surface area contributed by atoms with Gasteiger partial charge in [-0.05, 0) is 119 Å². The number of aromatic nitrogens is 2. The molecule has 11 aromatic rings. The summed E-state index contributed by atoms with van der Waals surface area (Å²) in [6.45, 7) is 1.54. The van der Waals surface area contributed by atoms with Gasteiger partial charge in [-0.2, -0.15) is 0 Å². The van der Waals surface area contributed by atoms with Crippen LogP contribution in [0.25, 0.3) is 89.0 Å². The molecule has 0 aliphatic heterocycles. The largest absolute Gasteiger partial charge is 0.222 e. The van der Waals surface area contributed by atoms with Crippen LogP contribution in [0.3, 0.4) is 0 Å². The molecule has 9 aromatic carbocycles. The predicted octanol–water partition coefficient (Wildman–Crippen LogP) is 6.18. The summed E-state index contributed by atoms with van der Waals surface area (Å²) in [6.07, 6.45) is 8.90. The van der Waals surface area contributed by atoms with Gasteiger partial charge in [-0.15, -0.1) is 20.5 Å². The molecule has 2 aromatic heterocycles. The molecular formula is C66H50Cl2N2O8. The molecule has 0 amide bonds. The van der Waals surface area contributed by atoms with Crippen molar-refractivity contribution >= 4 is 0 Å². The van der Waals surface area contributed by atoms with Crippen LogP contribution in [0, 0.1) is 20.5 Å². The molecule has 0 bridgehead atoms. The number of hydrogen-bond donors (Lipinski definition) is 0. The summed E-state index contributed by atoms with van der Waals surface area (Å²) in [5.41, 5.74) is 21.9. The van der Waals surface area contributed by atoms with E-state index in [0.717, 1.165) is 13.1 Å². The van der Waals surface area contributed by atoms with Crippen molar-refractivity contribution < 1.29 is 66.9 Å². The lowest BCUT2D eigenvalue weighted by Crippen LogP contribution is -2.68. The number of rotatable bonds is 12. The highest BCUT2D eigenvalue weighted by molar-refractivity contribution is 5.99. The van der Waals surface area contributed by atoms with E-state index in [1.54, 1.807) is 0 Å². The van der Waals surface area contributed by atoms with Crippen molar-refractivity contribution in [1.82, 2.24) is 0 Å². The van der Waals surface area contributed by atoms with Crippen LogP contribution in [0.5, 0.6) is 0 Å². The maximum absolute atomic E-state index is 8.49. The van der Waals surface area contributed by atoms with Crippen LogP contribution in [-0.2, 0) is 13.1 Å². The second-order valence-electron chi connectivity index (χ2n) is 18.2. The molecule has 12 heteroatoms. The Hall–Kier alpha value is -8.46. The molecule has 386 valence electrons. The van der Waals surface area contributed by atoms with Crippen molar-refractivity contribution in [1.29, 1.82) is 0 Å². The van der Waals surface area contributed by atoms with E-state index in [0.29, 0.717) is 0 Å². The molecule has 0 atom stereocenters. The monoisotopic (exact) mass is 1070 g/mol. The van der Waals surface area contributed by atoms with E-state index in [2.05, 4.69) is 289 Å². The topological polar surface area (TPSA) is 192 Å². The average molecular weight is 1070 g/mol. The highest BCUT2D eigenvalue weighted by Gasteiger charge is 2.20. The smallest absolute Gasteiger partial charge is 0.173 e. The lowest BCUT2D eigenvalue weighted by atomic mass is 9.85. The fourth-order valence-electron chi connectivity index (χ4n) is 9.59. The van der Waals surface area contributed by atoms with E-state index in [9.17, 15) is 0 Å². The third-order valence-electron chi connectivity index (χ3n) is 12.9. The lowest BCUT2D eigenvalue weighted by Gasteiger charge is -2.19. The van der Waals surface area contributed by atoms with E-state index in [1.807, 2.05) is 0 Å². The highest BCUT2D eigenvalue weighted by atomic mass is 35.7. The van der Waals surface area contributed by atoms with Gasteiger partial charge in [0.2, 0.25) is 0 Å². The van der Waals surface area contributed by atoms with Gasteiger partial charge in [0.25, 0.3) is 0 Å². The van der Waals surface area contributed by atoms with Crippen molar-refractivity contribution in [3.8, 4) is 89.0 Å². The summed E-state index contributed by atoms with van der Waals surface area (Å²) < 4.78 is 72.5. The summed E-state index contributed by atoms with van der Waals surface area (Å²) in [5, 5.41) is 0. The molecule has 10 nitrogen and oxygen atoms in total. The molecular weight excluding hydrogens is 1020 g/mol. The predicted molar refractivity (Wildman–Crippen MR) is 281 cm³/mol. The SMILES string of the molecule is [O-][Cl+3]([O-])([O-])[O-].[O-][Cl+3]([O-])([O-])[O-].c1ccc(-c2cc(-c3ccccc3)c(-c3cc[n+](Cc4cccc(C[n+]5ccc(-c6c(-c7ccccc7)cc(-c7ccccc7)cc6-c6ccccc6)cc5)c4)cc3)c(-c3ccccc3)c2)cc1. The molecule has 0 spiro atoms. The second-order valence-corrected chi connectivity index (χ2v) is 19.7. The first-order chi connectivity index (χ1) is 37.7. The van der Waals surface area contributed by atoms with Crippen LogP contribution < -0.4 is 46.4 Å². The highest BCUT2D eigenvalue weighted by Crippen LogP contribution is 2.45. The molecule has 0 aliphatic rings. The van der Waals surface area contributed by atoms with Crippen molar-refractivity contribution in [2.75, 3.05) is 0 Å². The normalized spacial score (nSPS) is 11.2. The Balaban J connectivity index is 0.000000680. The van der Waals surface area contributed by atoms with E-state index < -0.39 is 20.5 Å². The molecule has 0 N–H and O–H groups in total. The Morgan fingerprint density at radius 1 is 0.231 bits per heavy atom. The Morgan fingerprint density at radius 3 is 0.705 bits per heavy atom. The molecule has 0 saturated carbocycles. The van der Waals surface area contributed by atoms with E-state index in [-0.39, 0.29) is 0 Å². The zero-order chi connectivity index (χ0) is 54.5. The van der Waals surface area contributed by atoms with Crippen LogP contribution in [0.15, 0.2) is 280 Å². The van der Waals surface area contributed by atoms with Crippen molar-refractivity contribution in [3.63, 3.8) is 0 Å². The molecule has 0 saturated heterocycles. The fraction of sp³-hybridized carbons (Fsp3) is 0.0303. The first-order valence-electron chi connectivity index (χ1n) is 24.7. The number of hydrogen-bond acceptors (Lipinski definition) is 8. The van der Waals surface area contributed by atoms with Gasteiger partial charge >= 0.3 is 0 Å². The summed E-state index contributed by atoms with van der Waals surface area (Å²) >= 11 is 0. The second kappa shape index (κ2) is 25.1. The molecule has 11 rings (SSSR count). The average Bonchev–Trinajstić information content (AvgIpc) is 3.47. The molecule has 0 aliphatic carbocycles. The number of nitrogens with zero attached hydrogens (tertiary/aromatic N) is 2. The minimum atomic E-state index is -4.94. The molecule has 2 heterocycles. The van der Waals surface area contributed by atoms with Gasteiger partial charge in [0.05, 0.1) is 0 Å². The van der Waals surface area contributed by atoms with Crippen LogP contribution in [0.2, 0.25) is 0 Å². The van der Waals surface area contributed by atoms with E-state index >= 15 is 0 Å². The van der Waals surface area contributed by atoms with Gasteiger partial charge in [0.15, 0.2) is 37.9 Å². The first kappa shape index (κ1) is 54.3.